The first-order valence-corrected chi connectivity index (χ1v) is 5.64. The second-order valence-electron chi connectivity index (χ2n) is 3.91. The average Bonchev–Trinajstić information content (AvgIpc) is 2.17. The highest BCUT2D eigenvalue weighted by Crippen LogP contribution is 1.90. The minimum Gasteiger partial charge on any atom is -0.377 e. The van der Waals surface area contributed by atoms with Crippen molar-refractivity contribution < 1.29 is 9.53 Å². The second-order valence-corrected chi connectivity index (χ2v) is 3.91. The van der Waals surface area contributed by atoms with Crippen LogP contribution < -0.4 is 5.32 Å². The van der Waals surface area contributed by atoms with Crippen molar-refractivity contribution in [2.24, 2.45) is 0 Å². The van der Waals surface area contributed by atoms with Gasteiger partial charge in [-0.1, -0.05) is 6.92 Å². The van der Waals surface area contributed by atoms with Gasteiger partial charge in [0.25, 0.3) is 0 Å². The third kappa shape index (κ3) is 8.39. The van der Waals surface area contributed by atoms with Crippen molar-refractivity contribution in [2.45, 2.75) is 33.3 Å². The smallest absolute Gasteiger partial charge is 0.236 e. The largest absolute Gasteiger partial charge is 0.377 e. The van der Waals surface area contributed by atoms with Crippen LogP contribution in [0.5, 0.6) is 0 Å². The van der Waals surface area contributed by atoms with Gasteiger partial charge in [-0.15, -0.1) is 0 Å². The third-order valence-corrected chi connectivity index (χ3v) is 2.01. The number of hydrogen-bond acceptors (Lipinski definition) is 3. The molecule has 0 saturated heterocycles. The fourth-order valence-electron chi connectivity index (χ4n) is 1.06. The molecular formula is C11H24N2O2. The summed E-state index contributed by atoms with van der Waals surface area (Å²) in [6.45, 7) is 8.64. The van der Waals surface area contributed by atoms with Gasteiger partial charge in [-0.05, 0) is 26.8 Å². The minimum atomic E-state index is 0.121. The van der Waals surface area contributed by atoms with E-state index in [-0.39, 0.29) is 12.0 Å². The predicted molar refractivity (Wildman–Crippen MR) is 61.9 cm³/mol. The molecule has 0 aromatic carbocycles. The molecule has 0 radical (unpaired) electrons. The van der Waals surface area contributed by atoms with Crippen LogP contribution in [-0.4, -0.2) is 50.2 Å². The van der Waals surface area contributed by atoms with Gasteiger partial charge in [0.05, 0.1) is 19.3 Å². The number of nitrogens with zero attached hydrogens (tertiary/aromatic N) is 1. The summed E-state index contributed by atoms with van der Waals surface area (Å²) in [5.41, 5.74) is 0. The second kappa shape index (κ2) is 8.68. The topological polar surface area (TPSA) is 41.6 Å². The molecule has 0 spiro atoms. The summed E-state index contributed by atoms with van der Waals surface area (Å²) in [7, 11) is 1.81. The maximum Gasteiger partial charge on any atom is 0.236 e. The Morgan fingerprint density at radius 2 is 2.13 bits per heavy atom. The van der Waals surface area contributed by atoms with Crippen LogP contribution in [0.1, 0.15) is 27.2 Å². The van der Waals surface area contributed by atoms with Gasteiger partial charge in [-0.3, -0.25) is 4.79 Å². The summed E-state index contributed by atoms with van der Waals surface area (Å²) in [6.07, 6.45) is 1.28. The monoisotopic (exact) mass is 216 g/mol. The maximum absolute atomic E-state index is 11.5. The van der Waals surface area contributed by atoms with E-state index in [0.29, 0.717) is 19.7 Å². The molecule has 1 amide bonds. The SMILES string of the molecule is CCCNCC(=O)N(C)CCOC(C)C. The Morgan fingerprint density at radius 3 is 2.67 bits per heavy atom. The summed E-state index contributed by atoms with van der Waals surface area (Å²) >= 11 is 0. The first-order valence-electron chi connectivity index (χ1n) is 5.64. The Labute approximate surface area is 93.0 Å². The zero-order valence-electron chi connectivity index (χ0n) is 10.4. The van der Waals surface area contributed by atoms with E-state index in [1.54, 1.807) is 11.9 Å². The molecule has 15 heavy (non-hydrogen) atoms. The lowest BCUT2D eigenvalue weighted by Gasteiger charge is -2.18. The molecule has 0 atom stereocenters. The molecule has 4 heteroatoms. The van der Waals surface area contributed by atoms with Crippen LogP contribution in [0.4, 0.5) is 0 Å². The van der Waals surface area contributed by atoms with Crippen molar-refractivity contribution in [1.82, 2.24) is 10.2 Å². The van der Waals surface area contributed by atoms with Crippen LogP contribution in [-0.2, 0) is 9.53 Å². The van der Waals surface area contributed by atoms with E-state index in [0.717, 1.165) is 13.0 Å². The molecule has 0 bridgehead atoms. The van der Waals surface area contributed by atoms with E-state index in [1.807, 2.05) is 13.8 Å². The number of rotatable bonds is 8. The standard InChI is InChI=1S/C11H24N2O2/c1-5-6-12-9-11(14)13(4)7-8-15-10(2)3/h10,12H,5-9H2,1-4H3. The Hall–Kier alpha value is -0.610. The van der Waals surface area contributed by atoms with Crippen LogP contribution in [0.2, 0.25) is 0 Å². The van der Waals surface area contributed by atoms with Crippen molar-refractivity contribution >= 4 is 5.91 Å². The lowest BCUT2D eigenvalue weighted by Crippen LogP contribution is -2.37. The maximum atomic E-state index is 11.5. The summed E-state index contributed by atoms with van der Waals surface area (Å²) in [5, 5.41) is 3.08. The van der Waals surface area contributed by atoms with E-state index in [9.17, 15) is 4.79 Å². The molecule has 0 heterocycles. The molecule has 0 aliphatic carbocycles. The number of amides is 1. The summed E-state index contributed by atoms with van der Waals surface area (Å²) < 4.78 is 5.37. The zero-order chi connectivity index (χ0) is 11.7. The van der Waals surface area contributed by atoms with Gasteiger partial charge in [-0.2, -0.15) is 0 Å². The van der Waals surface area contributed by atoms with E-state index in [1.165, 1.54) is 0 Å². The normalized spacial score (nSPS) is 10.7. The van der Waals surface area contributed by atoms with Crippen LogP contribution in [0.3, 0.4) is 0 Å². The van der Waals surface area contributed by atoms with Crippen LogP contribution in [0.25, 0.3) is 0 Å². The molecule has 90 valence electrons. The highest BCUT2D eigenvalue weighted by atomic mass is 16.5. The molecule has 0 aromatic rings. The molecule has 0 saturated carbocycles. The van der Waals surface area contributed by atoms with Crippen molar-refractivity contribution in [1.29, 1.82) is 0 Å². The Morgan fingerprint density at radius 1 is 1.47 bits per heavy atom. The third-order valence-electron chi connectivity index (χ3n) is 2.01. The van der Waals surface area contributed by atoms with Crippen molar-refractivity contribution in [3.8, 4) is 0 Å². The molecular weight excluding hydrogens is 192 g/mol. The van der Waals surface area contributed by atoms with Crippen LogP contribution in [0, 0.1) is 0 Å². The molecule has 0 fully saturated rings. The number of hydrogen-bond donors (Lipinski definition) is 1. The highest BCUT2D eigenvalue weighted by Gasteiger charge is 2.07. The summed E-state index contributed by atoms with van der Waals surface area (Å²) in [4.78, 5) is 13.2. The number of ether oxygens (including phenoxy) is 1. The van der Waals surface area contributed by atoms with Crippen molar-refractivity contribution in [3.63, 3.8) is 0 Å². The Bertz CT molecular complexity index is 172. The minimum absolute atomic E-state index is 0.121. The Kier molecular flexibility index (Phi) is 8.33. The van der Waals surface area contributed by atoms with Crippen molar-refractivity contribution in [2.75, 3.05) is 33.3 Å². The Balaban J connectivity index is 3.51. The predicted octanol–water partition coefficient (Wildman–Crippen LogP) is 0.869. The van der Waals surface area contributed by atoms with E-state index < -0.39 is 0 Å². The van der Waals surface area contributed by atoms with E-state index in [2.05, 4.69) is 12.2 Å². The van der Waals surface area contributed by atoms with Gasteiger partial charge in [0.15, 0.2) is 0 Å². The highest BCUT2D eigenvalue weighted by molar-refractivity contribution is 5.77. The first kappa shape index (κ1) is 14.4. The molecule has 0 unspecified atom stereocenters. The van der Waals surface area contributed by atoms with Crippen LogP contribution in [0.15, 0.2) is 0 Å². The van der Waals surface area contributed by atoms with Gasteiger partial charge >= 0.3 is 0 Å². The molecule has 0 aliphatic rings. The van der Waals surface area contributed by atoms with Gasteiger partial charge in [0.2, 0.25) is 5.91 Å². The number of nitrogens with one attached hydrogen (secondary N) is 1. The fraction of sp³-hybridized carbons (Fsp3) is 0.909. The zero-order valence-corrected chi connectivity index (χ0v) is 10.4. The quantitative estimate of drug-likeness (QED) is 0.612. The van der Waals surface area contributed by atoms with E-state index >= 15 is 0 Å². The van der Waals surface area contributed by atoms with Crippen molar-refractivity contribution in [3.05, 3.63) is 0 Å². The molecule has 0 aromatic heterocycles. The van der Waals surface area contributed by atoms with Gasteiger partial charge < -0.3 is 15.0 Å². The molecule has 1 N–H and O–H groups in total. The van der Waals surface area contributed by atoms with Gasteiger partial charge in [0, 0.05) is 13.6 Å². The van der Waals surface area contributed by atoms with Gasteiger partial charge in [0.1, 0.15) is 0 Å². The summed E-state index contributed by atoms with van der Waals surface area (Å²) in [5.74, 6) is 0.121. The number of carbonyl (C=O) groups is 1. The van der Waals surface area contributed by atoms with Crippen LogP contribution >= 0.6 is 0 Å². The molecule has 0 rings (SSSR count). The lowest BCUT2D eigenvalue weighted by molar-refractivity contribution is -0.129. The number of likely N-dealkylation sites (N-methyl/N-ethyl adjacent to an activating group) is 1. The average molecular weight is 216 g/mol. The van der Waals surface area contributed by atoms with E-state index in [4.69, 9.17) is 4.74 Å². The molecule has 0 aliphatic heterocycles. The number of carbonyl (C=O) groups excluding carboxylic acids is 1. The van der Waals surface area contributed by atoms with Gasteiger partial charge in [-0.25, -0.2) is 0 Å². The fourth-order valence-corrected chi connectivity index (χ4v) is 1.06. The summed E-state index contributed by atoms with van der Waals surface area (Å²) in [6, 6.07) is 0. The first-order chi connectivity index (χ1) is 7.07. The lowest BCUT2D eigenvalue weighted by atomic mass is 10.4. The molecule has 4 nitrogen and oxygen atoms in total.